The molecule has 0 amide bonds. The molecule has 0 bridgehead atoms. The van der Waals surface area contributed by atoms with Crippen molar-refractivity contribution in [3.63, 3.8) is 0 Å². The standard InChI is InChI=1S/C4H9O2P/c1-4-3-5-7(2)6-4/h4H,3H2,1-2H3. The second kappa shape index (κ2) is 2.08. The van der Waals surface area contributed by atoms with Crippen LogP contribution in [0.25, 0.3) is 0 Å². The van der Waals surface area contributed by atoms with Gasteiger partial charge < -0.3 is 9.05 Å². The maximum atomic E-state index is 5.20. The van der Waals surface area contributed by atoms with E-state index < -0.39 is 8.38 Å². The summed E-state index contributed by atoms with van der Waals surface area (Å²) in [6.07, 6.45) is 0.330. The van der Waals surface area contributed by atoms with Crippen molar-refractivity contribution in [2.45, 2.75) is 13.0 Å². The molecule has 1 aliphatic heterocycles. The summed E-state index contributed by atoms with van der Waals surface area (Å²) >= 11 is 0. The fourth-order valence-corrected chi connectivity index (χ4v) is 1.57. The Hall–Kier alpha value is 0.350. The van der Waals surface area contributed by atoms with Crippen LogP contribution in [0.15, 0.2) is 0 Å². The average Bonchev–Trinajstić information content (AvgIpc) is 1.87. The Morgan fingerprint density at radius 3 is 2.57 bits per heavy atom. The molecule has 1 fully saturated rings. The van der Waals surface area contributed by atoms with E-state index in [-0.39, 0.29) is 0 Å². The molecule has 2 nitrogen and oxygen atoms in total. The van der Waals surface area contributed by atoms with Gasteiger partial charge in [-0.05, 0) is 6.92 Å². The molecule has 1 saturated heterocycles. The van der Waals surface area contributed by atoms with E-state index in [1.807, 2.05) is 13.6 Å². The molecule has 0 aromatic rings. The predicted octanol–water partition coefficient (Wildman–Crippen LogP) is 1.36. The van der Waals surface area contributed by atoms with E-state index in [4.69, 9.17) is 9.05 Å². The summed E-state index contributed by atoms with van der Waals surface area (Å²) in [5.41, 5.74) is 0. The van der Waals surface area contributed by atoms with Crippen LogP contribution in [0.4, 0.5) is 0 Å². The van der Waals surface area contributed by atoms with Crippen LogP contribution in [0.2, 0.25) is 0 Å². The molecule has 0 spiro atoms. The Morgan fingerprint density at radius 1 is 1.71 bits per heavy atom. The summed E-state index contributed by atoms with van der Waals surface area (Å²) in [6, 6.07) is 0. The number of hydrogen-bond acceptors (Lipinski definition) is 2. The molecule has 0 aromatic heterocycles. The molecule has 7 heavy (non-hydrogen) atoms. The third-order valence-corrected chi connectivity index (χ3v) is 1.99. The van der Waals surface area contributed by atoms with Gasteiger partial charge in [-0.25, -0.2) is 0 Å². The van der Waals surface area contributed by atoms with Gasteiger partial charge in [0.25, 0.3) is 0 Å². The highest BCUT2D eigenvalue weighted by Crippen LogP contribution is 2.40. The molecule has 0 aliphatic carbocycles. The molecule has 1 rings (SSSR count). The van der Waals surface area contributed by atoms with Crippen molar-refractivity contribution < 1.29 is 9.05 Å². The van der Waals surface area contributed by atoms with E-state index in [1.165, 1.54) is 0 Å². The van der Waals surface area contributed by atoms with Crippen molar-refractivity contribution in [3.8, 4) is 0 Å². The molecular formula is C4H9O2P. The lowest BCUT2D eigenvalue weighted by Crippen LogP contribution is -1.99. The van der Waals surface area contributed by atoms with Crippen molar-refractivity contribution >= 4 is 8.38 Å². The van der Waals surface area contributed by atoms with Crippen molar-refractivity contribution in [2.24, 2.45) is 0 Å². The van der Waals surface area contributed by atoms with E-state index in [1.54, 1.807) is 0 Å². The van der Waals surface area contributed by atoms with Gasteiger partial charge in [0.1, 0.15) is 0 Å². The van der Waals surface area contributed by atoms with Crippen molar-refractivity contribution in [2.75, 3.05) is 13.3 Å². The lowest BCUT2D eigenvalue weighted by Gasteiger charge is -1.97. The van der Waals surface area contributed by atoms with Gasteiger partial charge in [0.05, 0.1) is 12.7 Å². The Bertz CT molecular complexity index is 58.7. The first kappa shape index (κ1) is 5.49. The molecule has 0 aromatic carbocycles. The third kappa shape index (κ3) is 1.37. The van der Waals surface area contributed by atoms with Gasteiger partial charge >= 0.3 is 0 Å². The molecule has 1 aliphatic rings. The molecule has 3 heteroatoms. The van der Waals surface area contributed by atoms with Gasteiger partial charge in [0.15, 0.2) is 8.38 Å². The van der Waals surface area contributed by atoms with E-state index in [2.05, 4.69) is 0 Å². The summed E-state index contributed by atoms with van der Waals surface area (Å²) in [7, 11) is -0.504. The molecule has 2 unspecified atom stereocenters. The molecule has 0 N–H and O–H groups in total. The van der Waals surface area contributed by atoms with E-state index >= 15 is 0 Å². The molecule has 0 radical (unpaired) electrons. The van der Waals surface area contributed by atoms with Gasteiger partial charge in [0.2, 0.25) is 0 Å². The highest BCUT2D eigenvalue weighted by molar-refractivity contribution is 7.46. The summed E-state index contributed by atoms with van der Waals surface area (Å²) in [4.78, 5) is 0. The average molecular weight is 120 g/mol. The largest absolute Gasteiger partial charge is 0.331 e. The van der Waals surface area contributed by atoms with Crippen LogP contribution in [0.3, 0.4) is 0 Å². The Kier molecular flexibility index (Phi) is 1.63. The van der Waals surface area contributed by atoms with Gasteiger partial charge in [-0.15, -0.1) is 0 Å². The zero-order valence-electron chi connectivity index (χ0n) is 4.55. The summed E-state index contributed by atoms with van der Waals surface area (Å²) < 4.78 is 10.3. The maximum absolute atomic E-state index is 5.20. The highest BCUT2D eigenvalue weighted by Gasteiger charge is 2.17. The van der Waals surface area contributed by atoms with E-state index in [9.17, 15) is 0 Å². The van der Waals surface area contributed by atoms with Gasteiger partial charge in [-0.2, -0.15) is 0 Å². The highest BCUT2D eigenvalue weighted by atomic mass is 31.2. The van der Waals surface area contributed by atoms with Crippen LogP contribution in [0.5, 0.6) is 0 Å². The minimum atomic E-state index is -0.504. The molecule has 2 atom stereocenters. The topological polar surface area (TPSA) is 18.5 Å². The van der Waals surface area contributed by atoms with Gasteiger partial charge in [0, 0.05) is 6.66 Å². The SMILES string of the molecule is CC1COP(C)O1. The normalized spacial score (nSPS) is 42.0. The second-order valence-corrected chi connectivity index (χ2v) is 3.00. The molecular weight excluding hydrogens is 111 g/mol. The molecule has 1 heterocycles. The monoisotopic (exact) mass is 120 g/mol. The van der Waals surface area contributed by atoms with Crippen LogP contribution in [0, 0.1) is 0 Å². The predicted molar refractivity (Wildman–Crippen MR) is 29.3 cm³/mol. The zero-order chi connectivity index (χ0) is 5.28. The summed E-state index contributed by atoms with van der Waals surface area (Å²) in [5, 5.41) is 0. The van der Waals surface area contributed by atoms with Crippen molar-refractivity contribution in [3.05, 3.63) is 0 Å². The lowest BCUT2D eigenvalue weighted by molar-refractivity contribution is 0.262. The van der Waals surface area contributed by atoms with Crippen LogP contribution < -0.4 is 0 Å². The minimum Gasteiger partial charge on any atom is -0.331 e. The van der Waals surface area contributed by atoms with Gasteiger partial charge in [-0.1, -0.05) is 0 Å². The fraction of sp³-hybridized carbons (Fsp3) is 1.00. The Morgan fingerprint density at radius 2 is 2.43 bits per heavy atom. The van der Waals surface area contributed by atoms with E-state index in [0.29, 0.717) is 6.10 Å². The molecule has 42 valence electrons. The first-order valence-corrected chi connectivity index (χ1v) is 3.95. The Labute approximate surface area is 44.7 Å². The fourth-order valence-electron chi connectivity index (χ4n) is 0.524. The van der Waals surface area contributed by atoms with Crippen molar-refractivity contribution in [1.29, 1.82) is 0 Å². The maximum Gasteiger partial charge on any atom is 0.167 e. The van der Waals surface area contributed by atoms with Gasteiger partial charge in [-0.3, -0.25) is 0 Å². The number of hydrogen-bond donors (Lipinski definition) is 0. The van der Waals surface area contributed by atoms with Crippen LogP contribution >= 0.6 is 8.38 Å². The first-order chi connectivity index (χ1) is 3.29. The quantitative estimate of drug-likeness (QED) is 0.449. The van der Waals surface area contributed by atoms with Crippen LogP contribution in [0.1, 0.15) is 6.92 Å². The van der Waals surface area contributed by atoms with Crippen LogP contribution in [-0.4, -0.2) is 19.4 Å². The first-order valence-electron chi connectivity index (χ1n) is 2.32. The van der Waals surface area contributed by atoms with E-state index in [0.717, 1.165) is 6.61 Å². The third-order valence-electron chi connectivity index (χ3n) is 0.819. The Balaban J connectivity index is 2.26. The lowest BCUT2D eigenvalue weighted by atomic mass is 10.5. The van der Waals surface area contributed by atoms with Crippen LogP contribution in [-0.2, 0) is 9.05 Å². The second-order valence-electron chi connectivity index (χ2n) is 1.65. The zero-order valence-corrected chi connectivity index (χ0v) is 5.44. The molecule has 0 saturated carbocycles. The minimum absolute atomic E-state index is 0.330. The summed E-state index contributed by atoms with van der Waals surface area (Å²) in [6.45, 7) is 4.77. The number of rotatable bonds is 0. The van der Waals surface area contributed by atoms with Crippen molar-refractivity contribution in [1.82, 2.24) is 0 Å². The smallest absolute Gasteiger partial charge is 0.167 e. The summed E-state index contributed by atoms with van der Waals surface area (Å²) in [5.74, 6) is 0.